The Morgan fingerprint density at radius 1 is 1.35 bits per heavy atom. The van der Waals surface area contributed by atoms with Gasteiger partial charge in [-0.15, -0.1) is 12.4 Å². The van der Waals surface area contributed by atoms with Crippen molar-refractivity contribution in [3.8, 4) is 5.75 Å². The number of anilines is 3. The fraction of sp³-hybridized carbons (Fsp3) is 0.278. The maximum atomic E-state index is 12.2. The maximum Gasteiger partial charge on any atom is 0.230 e. The Morgan fingerprint density at radius 2 is 2.15 bits per heavy atom. The van der Waals surface area contributed by atoms with Crippen LogP contribution in [0.25, 0.3) is 0 Å². The fourth-order valence-electron chi connectivity index (χ4n) is 2.79. The standard InChI is InChI=1S/C18H20N4O3.ClH/c1-25-16-9-14(6-7-15(16)22-8-2-3-18(22)24)21-17(23)10-13-5-4-12(19)11-20-13;/h4-7,9,11H,2-3,8,10,19H2,1H3,(H,21,23);1H. The SMILES string of the molecule is COc1cc(NC(=O)Cc2ccc(N)cn2)ccc1N1CCCC1=O.Cl. The summed E-state index contributed by atoms with van der Waals surface area (Å²) in [5.74, 6) is 0.451. The van der Waals surface area contributed by atoms with Crippen LogP contribution in [0.15, 0.2) is 36.5 Å². The summed E-state index contributed by atoms with van der Waals surface area (Å²) in [5.41, 5.74) is 8.11. The Bertz CT molecular complexity index is 796. The van der Waals surface area contributed by atoms with Crippen molar-refractivity contribution in [1.29, 1.82) is 0 Å². The van der Waals surface area contributed by atoms with Crippen LogP contribution in [-0.4, -0.2) is 30.5 Å². The molecule has 0 unspecified atom stereocenters. The molecule has 0 spiro atoms. The van der Waals surface area contributed by atoms with Crippen LogP contribution in [0.3, 0.4) is 0 Å². The molecule has 0 atom stereocenters. The summed E-state index contributed by atoms with van der Waals surface area (Å²) in [6, 6.07) is 8.70. The number of nitrogen functional groups attached to an aromatic ring is 1. The second-order valence-electron chi connectivity index (χ2n) is 5.84. The van der Waals surface area contributed by atoms with E-state index in [9.17, 15) is 9.59 Å². The zero-order valence-corrected chi connectivity index (χ0v) is 15.2. The van der Waals surface area contributed by atoms with Crippen molar-refractivity contribution in [3.63, 3.8) is 0 Å². The van der Waals surface area contributed by atoms with E-state index in [1.54, 1.807) is 42.3 Å². The highest BCUT2D eigenvalue weighted by Gasteiger charge is 2.24. The van der Waals surface area contributed by atoms with E-state index in [0.717, 1.165) is 12.1 Å². The first kappa shape index (κ1) is 19.5. The number of carbonyl (C=O) groups excluding carboxylic acids is 2. The molecule has 2 amide bonds. The van der Waals surface area contributed by atoms with Crippen molar-refractivity contribution in [2.45, 2.75) is 19.3 Å². The molecule has 0 aliphatic carbocycles. The molecular formula is C18H21ClN4O3. The molecule has 1 aliphatic rings. The molecule has 2 heterocycles. The number of aromatic nitrogens is 1. The largest absolute Gasteiger partial charge is 0.494 e. The summed E-state index contributed by atoms with van der Waals surface area (Å²) in [7, 11) is 1.54. The van der Waals surface area contributed by atoms with Gasteiger partial charge in [-0.3, -0.25) is 14.6 Å². The van der Waals surface area contributed by atoms with Crippen molar-refractivity contribution in [1.82, 2.24) is 4.98 Å². The number of amides is 2. The third-order valence-corrected chi connectivity index (χ3v) is 4.02. The van der Waals surface area contributed by atoms with Gasteiger partial charge in [0.05, 0.1) is 31.1 Å². The first-order valence-electron chi connectivity index (χ1n) is 8.05. The number of rotatable bonds is 5. The predicted octanol–water partition coefficient (Wildman–Crippen LogP) is 2.40. The van der Waals surface area contributed by atoms with Crippen LogP contribution >= 0.6 is 12.4 Å². The van der Waals surface area contributed by atoms with E-state index in [1.807, 2.05) is 0 Å². The lowest BCUT2D eigenvalue weighted by atomic mass is 10.2. The van der Waals surface area contributed by atoms with Gasteiger partial charge in [-0.2, -0.15) is 0 Å². The van der Waals surface area contributed by atoms with Crippen molar-refractivity contribution < 1.29 is 14.3 Å². The Kier molecular flexibility index (Phi) is 6.41. The number of hydrogen-bond donors (Lipinski definition) is 2. The van der Waals surface area contributed by atoms with Gasteiger partial charge in [-0.25, -0.2) is 0 Å². The monoisotopic (exact) mass is 376 g/mol. The maximum absolute atomic E-state index is 12.2. The number of nitrogens with two attached hydrogens (primary N) is 1. The lowest BCUT2D eigenvalue weighted by Gasteiger charge is -2.19. The Labute approximate surface area is 157 Å². The van der Waals surface area contributed by atoms with E-state index < -0.39 is 0 Å². The molecule has 8 heteroatoms. The lowest BCUT2D eigenvalue weighted by molar-refractivity contribution is -0.117. The number of nitrogens with zero attached hydrogens (tertiary/aromatic N) is 2. The summed E-state index contributed by atoms with van der Waals surface area (Å²) in [6.07, 6.45) is 3.06. The molecule has 3 N–H and O–H groups in total. The van der Waals surface area contributed by atoms with Crippen molar-refractivity contribution >= 4 is 41.3 Å². The highest BCUT2D eigenvalue weighted by molar-refractivity contribution is 5.98. The number of methoxy groups -OCH3 is 1. The molecule has 0 radical (unpaired) electrons. The summed E-state index contributed by atoms with van der Waals surface area (Å²) >= 11 is 0. The first-order chi connectivity index (χ1) is 12.1. The van der Waals surface area contributed by atoms with E-state index in [0.29, 0.717) is 35.8 Å². The molecule has 1 saturated heterocycles. The van der Waals surface area contributed by atoms with Gasteiger partial charge < -0.3 is 20.7 Å². The van der Waals surface area contributed by atoms with Crippen molar-refractivity contribution in [3.05, 3.63) is 42.2 Å². The van der Waals surface area contributed by atoms with E-state index in [4.69, 9.17) is 10.5 Å². The third-order valence-electron chi connectivity index (χ3n) is 4.02. The highest BCUT2D eigenvalue weighted by atomic mass is 35.5. The number of benzene rings is 1. The van der Waals surface area contributed by atoms with Crippen LogP contribution < -0.4 is 20.7 Å². The van der Waals surface area contributed by atoms with Gasteiger partial charge in [-0.05, 0) is 30.7 Å². The van der Waals surface area contributed by atoms with E-state index in [1.165, 1.54) is 6.20 Å². The zero-order valence-electron chi connectivity index (χ0n) is 14.4. The van der Waals surface area contributed by atoms with Gasteiger partial charge in [0.25, 0.3) is 0 Å². The van der Waals surface area contributed by atoms with E-state index in [2.05, 4.69) is 10.3 Å². The van der Waals surface area contributed by atoms with Crippen LogP contribution in [0.1, 0.15) is 18.5 Å². The second kappa shape index (κ2) is 8.53. The van der Waals surface area contributed by atoms with E-state index >= 15 is 0 Å². The van der Waals surface area contributed by atoms with Crippen molar-refractivity contribution in [2.24, 2.45) is 0 Å². The minimum atomic E-state index is -0.190. The van der Waals surface area contributed by atoms with Gasteiger partial charge in [0.2, 0.25) is 11.8 Å². The smallest absolute Gasteiger partial charge is 0.230 e. The van der Waals surface area contributed by atoms with Gasteiger partial charge in [-0.1, -0.05) is 0 Å². The zero-order chi connectivity index (χ0) is 17.8. The molecule has 7 nitrogen and oxygen atoms in total. The molecule has 2 aromatic rings. The highest BCUT2D eigenvalue weighted by Crippen LogP contribution is 2.33. The average Bonchev–Trinajstić information content (AvgIpc) is 3.02. The van der Waals surface area contributed by atoms with Crippen LogP contribution in [-0.2, 0) is 16.0 Å². The number of halogens is 1. The molecule has 1 fully saturated rings. The Balaban J connectivity index is 0.00000243. The summed E-state index contributed by atoms with van der Waals surface area (Å²) in [4.78, 5) is 29.9. The minimum absolute atomic E-state index is 0. The molecule has 26 heavy (non-hydrogen) atoms. The third kappa shape index (κ3) is 4.43. The summed E-state index contributed by atoms with van der Waals surface area (Å²) in [6.45, 7) is 0.684. The molecule has 0 bridgehead atoms. The average molecular weight is 377 g/mol. The van der Waals surface area contributed by atoms with E-state index in [-0.39, 0.29) is 30.6 Å². The normalized spacial score (nSPS) is 13.3. The molecule has 1 aliphatic heterocycles. The predicted molar refractivity (Wildman–Crippen MR) is 103 cm³/mol. The molecule has 138 valence electrons. The molecular weight excluding hydrogens is 356 g/mol. The van der Waals surface area contributed by atoms with Gasteiger partial charge in [0.1, 0.15) is 5.75 Å². The summed E-state index contributed by atoms with van der Waals surface area (Å²) in [5, 5.41) is 2.82. The molecule has 1 aromatic carbocycles. The number of carbonyl (C=O) groups is 2. The topological polar surface area (TPSA) is 97.5 Å². The van der Waals surface area contributed by atoms with Crippen LogP contribution in [0.5, 0.6) is 5.75 Å². The molecule has 1 aromatic heterocycles. The number of hydrogen-bond acceptors (Lipinski definition) is 5. The number of nitrogens with one attached hydrogen (secondary N) is 1. The fourth-order valence-corrected chi connectivity index (χ4v) is 2.79. The van der Waals surface area contributed by atoms with Crippen LogP contribution in [0.2, 0.25) is 0 Å². The number of pyridine rings is 1. The van der Waals surface area contributed by atoms with Crippen molar-refractivity contribution in [2.75, 3.05) is 29.6 Å². The minimum Gasteiger partial charge on any atom is -0.494 e. The van der Waals surface area contributed by atoms with Gasteiger partial charge >= 0.3 is 0 Å². The van der Waals surface area contributed by atoms with Crippen LogP contribution in [0, 0.1) is 0 Å². The number of ether oxygens (including phenoxy) is 1. The lowest BCUT2D eigenvalue weighted by Crippen LogP contribution is -2.24. The Morgan fingerprint density at radius 3 is 2.77 bits per heavy atom. The molecule has 3 rings (SSSR count). The molecule has 0 saturated carbocycles. The van der Waals surface area contributed by atoms with Gasteiger partial charge in [0.15, 0.2) is 0 Å². The summed E-state index contributed by atoms with van der Waals surface area (Å²) < 4.78 is 5.39. The first-order valence-corrected chi connectivity index (χ1v) is 8.05. The van der Waals surface area contributed by atoms with Crippen LogP contribution in [0.4, 0.5) is 17.1 Å². The quantitative estimate of drug-likeness (QED) is 0.835. The van der Waals surface area contributed by atoms with Gasteiger partial charge in [0, 0.05) is 30.4 Å². The second-order valence-corrected chi connectivity index (χ2v) is 5.84. The Hall–Kier alpha value is -2.80.